The summed E-state index contributed by atoms with van der Waals surface area (Å²) in [6, 6.07) is 2.83. The fourth-order valence-corrected chi connectivity index (χ4v) is 3.67. The number of aromatic nitrogens is 2. The molecule has 3 aromatic rings. The molecule has 0 saturated heterocycles. The van der Waals surface area contributed by atoms with Gasteiger partial charge in [-0.1, -0.05) is 0 Å². The molecule has 6 nitrogen and oxygen atoms in total. The van der Waals surface area contributed by atoms with Crippen LogP contribution in [-0.4, -0.2) is 27.2 Å². The predicted molar refractivity (Wildman–Crippen MR) is 98.0 cm³/mol. The normalized spacial score (nSPS) is 15.5. The fourth-order valence-electron chi connectivity index (χ4n) is 3.67. The Morgan fingerprint density at radius 3 is 2.50 bits per heavy atom. The number of hydrogen-bond acceptors (Lipinski definition) is 4. The first kappa shape index (κ1) is 18.1. The molecule has 0 fully saturated rings. The van der Waals surface area contributed by atoms with Gasteiger partial charge < -0.3 is 14.4 Å². The quantitative estimate of drug-likeness (QED) is 0.728. The molecule has 1 atom stereocenters. The lowest BCUT2D eigenvalue weighted by molar-refractivity contribution is 0.0694. The lowest BCUT2D eigenvalue weighted by atomic mass is 9.97. The molecule has 0 unspecified atom stereocenters. The number of carbonyl (C=O) groups is 1. The van der Waals surface area contributed by atoms with Gasteiger partial charge in [0.2, 0.25) is 5.43 Å². The van der Waals surface area contributed by atoms with Gasteiger partial charge in [0.15, 0.2) is 17.4 Å². The Bertz CT molecular complexity index is 1210. The molecule has 1 aliphatic rings. The van der Waals surface area contributed by atoms with Gasteiger partial charge in [-0.05, 0) is 38.5 Å². The van der Waals surface area contributed by atoms with Crippen molar-refractivity contribution in [1.82, 2.24) is 9.55 Å². The minimum absolute atomic E-state index is 0.0195. The average molecular weight is 386 g/mol. The smallest absolute Gasteiger partial charge is 0.341 e. The van der Waals surface area contributed by atoms with E-state index in [1.165, 1.54) is 4.57 Å². The van der Waals surface area contributed by atoms with Crippen molar-refractivity contribution in [3.63, 3.8) is 0 Å². The molecule has 0 amide bonds. The van der Waals surface area contributed by atoms with Crippen LogP contribution >= 0.6 is 0 Å². The largest absolute Gasteiger partial charge is 0.488 e. The van der Waals surface area contributed by atoms with Crippen molar-refractivity contribution >= 4 is 16.9 Å². The van der Waals surface area contributed by atoms with Crippen LogP contribution in [0, 0.1) is 25.5 Å². The molecule has 1 aromatic carbocycles. The van der Waals surface area contributed by atoms with Crippen LogP contribution < -0.4 is 10.2 Å². The van der Waals surface area contributed by atoms with Crippen molar-refractivity contribution < 1.29 is 23.4 Å². The molecule has 0 aliphatic carbocycles. The zero-order valence-corrected chi connectivity index (χ0v) is 15.3. The fraction of sp³-hybridized carbons (Fsp3) is 0.250. The molecule has 0 spiro atoms. The molecule has 1 N–H and O–H groups in total. The highest BCUT2D eigenvalue weighted by Crippen LogP contribution is 2.43. The minimum Gasteiger partial charge on any atom is -0.488 e. The van der Waals surface area contributed by atoms with Gasteiger partial charge in [0, 0.05) is 17.6 Å². The second kappa shape index (κ2) is 6.12. The highest BCUT2D eigenvalue weighted by atomic mass is 19.2. The lowest BCUT2D eigenvalue weighted by Crippen LogP contribution is -2.27. The van der Waals surface area contributed by atoms with Crippen molar-refractivity contribution in [3.05, 3.63) is 57.1 Å². The number of halogens is 2. The van der Waals surface area contributed by atoms with E-state index in [2.05, 4.69) is 4.98 Å². The minimum atomic E-state index is -1.50. The van der Waals surface area contributed by atoms with E-state index in [1.54, 1.807) is 32.9 Å². The third kappa shape index (κ3) is 2.48. The van der Waals surface area contributed by atoms with Gasteiger partial charge in [0.25, 0.3) is 0 Å². The standard InChI is InChI=1S/C20H16F2N2O4/c1-8-4-11(5-9(2)23-8)13-15(21)16(22)14-17-19(13)28-7-10(3)24(17)6-12(18(14)25)20(26)27/h4-6,10H,7H2,1-3H3,(H,26,27)/t10-/m1/s1. The van der Waals surface area contributed by atoms with Crippen molar-refractivity contribution in [3.8, 4) is 16.9 Å². The third-order valence-electron chi connectivity index (χ3n) is 4.85. The van der Waals surface area contributed by atoms with E-state index in [-0.39, 0.29) is 29.5 Å². The van der Waals surface area contributed by atoms with E-state index in [4.69, 9.17) is 4.74 Å². The summed E-state index contributed by atoms with van der Waals surface area (Å²) in [5.41, 5.74) is -0.156. The number of benzene rings is 1. The van der Waals surface area contributed by atoms with Crippen LogP contribution in [0.4, 0.5) is 8.78 Å². The summed E-state index contributed by atoms with van der Waals surface area (Å²) in [6.07, 6.45) is 1.16. The van der Waals surface area contributed by atoms with E-state index in [0.29, 0.717) is 17.0 Å². The lowest BCUT2D eigenvalue weighted by Gasteiger charge is -2.29. The Labute approximate surface area is 158 Å². The third-order valence-corrected chi connectivity index (χ3v) is 4.85. The van der Waals surface area contributed by atoms with Crippen LogP contribution in [0.5, 0.6) is 5.75 Å². The number of rotatable bonds is 2. The maximum Gasteiger partial charge on any atom is 0.341 e. The maximum absolute atomic E-state index is 15.1. The second-order valence-electron chi connectivity index (χ2n) is 6.94. The first-order valence-corrected chi connectivity index (χ1v) is 8.62. The van der Waals surface area contributed by atoms with E-state index in [1.807, 2.05) is 0 Å². The van der Waals surface area contributed by atoms with Gasteiger partial charge in [-0.15, -0.1) is 0 Å². The second-order valence-corrected chi connectivity index (χ2v) is 6.94. The zero-order chi connectivity index (χ0) is 20.3. The summed E-state index contributed by atoms with van der Waals surface area (Å²) in [7, 11) is 0. The summed E-state index contributed by atoms with van der Waals surface area (Å²) < 4.78 is 37.4. The van der Waals surface area contributed by atoms with Gasteiger partial charge in [-0.2, -0.15) is 0 Å². The SMILES string of the molecule is Cc1cc(-c2c(F)c(F)c3c(=O)c(C(=O)O)cn4c3c2OC[C@H]4C)cc(C)n1. The molecule has 0 bridgehead atoms. The maximum atomic E-state index is 15.1. The number of aryl methyl sites for hydroxylation is 2. The monoisotopic (exact) mass is 386 g/mol. The molecule has 4 rings (SSSR count). The molecule has 1 aliphatic heterocycles. The first-order chi connectivity index (χ1) is 13.2. The van der Waals surface area contributed by atoms with Crippen LogP contribution in [0.15, 0.2) is 23.1 Å². The highest BCUT2D eigenvalue weighted by molar-refractivity contribution is 5.98. The number of aromatic carboxylic acids is 1. The summed E-state index contributed by atoms with van der Waals surface area (Å²) in [4.78, 5) is 28.3. The predicted octanol–water partition coefficient (Wildman–Crippen LogP) is 3.61. The summed E-state index contributed by atoms with van der Waals surface area (Å²) in [5, 5.41) is 8.68. The molecule has 8 heteroatoms. The Hall–Kier alpha value is -3.29. The number of nitrogens with zero attached hydrogens (tertiary/aromatic N) is 2. The van der Waals surface area contributed by atoms with Gasteiger partial charge >= 0.3 is 5.97 Å². The van der Waals surface area contributed by atoms with Crippen molar-refractivity contribution in [2.24, 2.45) is 0 Å². The average Bonchev–Trinajstić information content (AvgIpc) is 2.61. The van der Waals surface area contributed by atoms with Gasteiger partial charge in [-0.25, -0.2) is 13.6 Å². The molecule has 0 saturated carbocycles. The summed E-state index contributed by atoms with van der Waals surface area (Å²) in [6.45, 7) is 5.32. The van der Waals surface area contributed by atoms with Gasteiger partial charge in [0.1, 0.15) is 12.2 Å². The number of ether oxygens (including phenoxy) is 1. The van der Waals surface area contributed by atoms with Crippen LogP contribution in [0.25, 0.3) is 22.0 Å². The van der Waals surface area contributed by atoms with Crippen molar-refractivity contribution in [1.29, 1.82) is 0 Å². The Kier molecular flexibility index (Phi) is 3.95. The Morgan fingerprint density at radius 1 is 1.25 bits per heavy atom. The zero-order valence-electron chi connectivity index (χ0n) is 15.3. The van der Waals surface area contributed by atoms with Crippen LogP contribution in [0.1, 0.15) is 34.7 Å². The van der Waals surface area contributed by atoms with E-state index in [0.717, 1.165) is 6.20 Å². The molecular formula is C20H16F2N2O4. The molecular weight excluding hydrogens is 370 g/mol. The summed E-state index contributed by atoms with van der Waals surface area (Å²) in [5.74, 6) is -4.13. The highest BCUT2D eigenvalue weighted by Gasteiger charge is 2.32. The molecule has 144 valence electrons. The first-order valence-electron chi connectivity index (χ1n) is 8.62. The van der Waals surface area contributed by atoms with Gasteiger partial charge in [0.05, 0.1) is 22.5 Å². The molecule has 28 heavy (non-hydrogen) atoms. The molecule has 2 aromatic heterocycles. The Balaban J connectivity index is 2.23. The van der Waals surface area contributed by atoms with Crippen LogP contribution in [0.3, 0.4) is 0 Å². The number of carboxylic acids is 1. The number of carboxylic acid groups (broad SMARTS) is 1. The van der Waals surface area contributed by atoms with Crippen molar-refractivity contribution in [2.45, 2.75) is 26.8 Å². The van der Waals surface area contributed by atoms with E-state index in [9.17, 15) is 14.7 Å². The molecule has 0 radical (unpaired) electrons. The molecule has 3 heterocycles. The summed E-state index contributed by atoms with van der Waals surface area (Å²) >= 11 is 0. The number of pyridine rings is 2. The van der Waals surface area contributed by atoms with Gasteiger partial charge in [-0.3, -0.25) is 9.78 Å². The topological polar surface area (TPSA) is 81.4 Å². The van der Waals surface area contributed by atoms with E-state index >= 15 is 8.78 Å². The van der Waals surface area contributed by atoms with Crippen LogP contribution in [-0.2, 0) is 0 Å². The number of hydrogen-bond donors (Lipinski definition) is 1. The van der Waals surface area contributed by atoms with Crippen molar-refractivity contribution in [2.75, 3.05) is 6.61 Å². The van der Waals surface area contributed by atoms with E-state index < -0.39 is 34.0 Å². The van der Waals surface area contributed by atoms with Crippen LogP contribution in [0.2, 0.25) is 0 Å². The Morgan fingerprint density at radius 2 is 1.89 bits per heavy atom.